The second-order valence-electron chi connectivity index (χ2n) is 7.51. The predicted octanol–water partition coefficient (Wildman–Crippen LogP) is 3.03. The standard InChI is InChI=1S/C22H30F3N7.HI/c1-2-26-20(27-11-8-18-4-6-19(7-5-18)22(23,24)25)28-12-13-31-14-16-32(17-15-31)21-29-9-3-10-30-21;/h3-7,9-10H,2,8,11-17H2,1H3,(H2,26,27,28);1H. The van der Waals surface area contributed by atoms with Gasteiger partial charge in [0.1, 0.15) is 0 Å². The molecular formula is C22H31F3IN7. The molecule has 11 heteroatoms. The summed E-state index contributed by atoms with van der Waals surface area (Å²) in [7, 11) is 0. The molecule has 3 rings (SSSR count). The highest BCUT2D eigenvalue weighted by atomic mass is 127. The van der Waals surface area contributed by atoms with Gasteiger partial charge in [0, 0.05) is 58.2 Å². The number of aliphatic imine (C=N–C) groups is 1. The molecule has 0 saturated carbocycles. The lowest BCUT2D eigenvalue weighted by atomic mass is 10.1. The Hall–Kier alpha value is -2.15. The Morgan fingerprint density at radius 2 is 1.70 bits per heavy atom. The number of piperazine rings is 1. The van der Waals surface area contributed by atoms with E-state index in [4.69, 9.17) is 0 Å². The van der Waals surface area contributed by atoms with E-state index in [0.29, 0.717) is 19.5 Å². The van der Waals surface area contributed by atoms with E-state index in [0.717, 1.165) is 68.9 Å². The minimum Gasteiger partial charge on any atom is -0.357 e. The quantitative estimate of drug-likeness (QED) is 0.286. The molecular weight excluding hydrogens is 546 g/mol. The molecule has 1 aliphatic heterocycles. The molecule has 1 aliphatic rings. The highest BCUT2D eigenvalue weighted by Gasteiger charge is 2.29. The van der Waals surface area contributed by atoms with Gasteiger partial charge in [-0.05, 0) is 37.1 Å². The van der Waals surface area contributed by atoms with E-state index in [1.165, 1.54) is 12.1 Å². The maximum atomic E-state index is 12.7. The lowest BCUT2D eigenvalue weighted by Gasteiger charge is -2.34. The van der Waals surface area contributed by atoms with Gasteiger partial charge in [-0.3, -0.25) is 9.89 Å². The average Bonchev–Trinajstić information content (AvgIpc) is 2.80. The first-order valence-electron chi connectivity index (χ1n) is 10.9. The first-order chi connectivity index (χ1) is 15.5. The van der Waals surface area contributed by atoms with Crippen LogP contribution in [0.2, 0.25) is 0 Å². The lowest BCUT2D eigenvalue weighted by molar-refractivity contribution is -0.137. The van der Waals surface area contributed by atoms with Gasteiger partial charge in [0.2, 0.25) is 5.95 Å². The van der Waals surface area contributed by atoms with Gasteiger partial charge in [-0.2, -0.15) is 13.2 Å². The molecule has 0 bridgehead atoms. The third-order valence-electron chi connectivity index (χ3n) is 5.23. The molecule has 33 heavy (non-hydrogen) atoms. The highest BCUT2D eigenvalue weighted by Crippen LogP contribution is 2.29. The van der Waals surface area contributed by atoms with Gasteiger partial charge in [0.15, 0.2) is 5.96 Å². The van der Waals surface area contributed by atoms with Crippen molar-refractivity contribution in [1.82, 2.24) is 25.5 Å². The van der Waals surface area contributed by atoms with Crippen molar-refractivity contribution in [2.75, 3.05) is 57.3 Å². The third kappa shape index (κ3) is 8.95. The molecule has 182 valence electrons. The zero-order chi connectivity index (χ0) is 22.8. The van der Waals surface area contributed by atoms with E-state index in [1.807, 2.05) is 13.0 Å². The number of guanidine groups is 1. The minimum atomic E-state index is -4.30. The van der Waals surface area contributed by atoms with Gasteiger partial charge >= 0.3 is 6.18 Å². The van der Waals surface area contributed by atoms with E-state index in [-0.39, 0.29) is 24.0 Å². The monoisotopic (exact) mass is 577 g/mol. The van der Waals surface area contributed by atoms with E-state index in [9.17, 15) is 13.2 Å². The summed E-state index contributed by atoms with van der Waals surface area (Å²) in [5.41, 5.74) is 0.225. The number of alkyl halides is 3. The Bertz CT molecular complexity index is 839. The summed E-state index contributed by atoms with van der Waals surface area (Å²) in [5, 5.41) is 6.46. The summed E-state index contributed by atoms with van der Waals surface area (Å²) in [4.78, 5) is 17.8. The Kier molecular flexibility index (Phi) is 11.1. The number of nitrogens with zero attached hydrogens (tertiary/aromatic N) is 5. The second-order valence-corrected chi connectivity index (χ2v) is 7.51. The summed E-state index contributed by atoms with van der Waals surface area (Å²) < 4.78 is 38.0. The Morgan fingerprint density at radius 1 is 1.03 bits per heavy atom. The molecule has 0 unspecified atom stereocenters. The van der Waals surface area contributed by atoms with Crippen molar-refractivity contribution < 1.29 is 13.2 Å². The fourth-order valence-corrected chi connectivity index (χ4v) is 3.46. The highest BCUT2D eigenvalue weighted by molar-refractivity contribution is 14.0. The fourth-order valence-electron chi connectivity index (χ4n) is 3.46. The van der Waals surface area contributed by atoms with Crippen molar-refractivity contribution in [1.29, 1.82) is 0 Å². The van der Waals surface area contributed by atoms with Crippen molar-refractivity contribution in [3.8, 4) is 0 Å². The van der Waals surface area contributed by atoms with Crippen LogP contribution in [0.3, 0.4) is 0 Å². The van der Waals surface area contributed by atoms with Gasteiger partial charge in [0.05, 0.1) is 12.1 Å². The third-order valence-corrected chi connectivity index (χ3v) is 5.23. The summed E-state index contributed by atoms with van der Waals surface area (Å²) in [6.07, 6.45) is -0.164. The summed E-state index contributed by atoms with van der Waals surface area (Å²) >= 11 is 0. The average molecular weight is 577 g/mol. The van der Waals surface area contributed by atoms with E-state index >= 15 is 0 Å². The smallest absolute Gasteiger partial charge is 0.357 e. The molecule has 1 aromatic carbocycles. The Balaban J connectivity index is 0.00000385. The molecule has 2 heterocycles. The van der Waals surface area contributed by atoms with Gasteiger partial charge in [-0.25, -0.2) is 9.97 Å². The Morgan fingerprint density at radius 3 is 2.30 bits per heavy atom. The number of hydrogen-bond donors (Lipinski definition) is 2. The fraction of sp³-hybridized carbons (Fsp3) is 0.500. The van der Waals surface area contributed by atoms with Crippen LogP contribution in [-0.4, -0.2) is 73.2 Å². The van der Waals surface area contributed by atoms with Crippen molar-refractivity contribution in [3.63, 3.8) is 0 Å². The van der Waals surface area contributed by atoms with Crippen LogP contribution < -0.4 is 15.5 Å². The zero-order valence-corrected chi connectivity index (χ0v) is 21.0. The molecule has 0 atom stereocenters. The van der Waals surface area contributed by atoms with Crippen LogP contribution in [0.5, 0.6) is 0 Å². The van der Waals surface area contributed by atoms with E-state index in [1.54, 1.807) is 12.4 Å². The topological polar surface area (TPSA) is 68.7 Å². The van der Waals surface area contributed by atoms with Gasteiger partial charge in [0.25, 0.3) is 0 Å². The van der Waals surface area contributed by atoms with Crippen molar-refractivity contribution in [2.24, 2.45) is 4.99 Å². The van der Waals surface area contributed by atoms with Crippen LogP contribution in [0.25, 0.3) is 0 Å². The van der Waals surface area contributed by atoms with Crippen LogP contribution in [0, 0.1) is 0 Å². The van der Waals surface area contributed by atoms with Crippen LogP contribution in [-0.2, 0) is 12.6 Å². The Labute approximate surface area is 209 Å². The number of benzene rings is 1. The number of rotatable bonds is 8. The normalized spacial score (nSPS) is 15.2. The van der Waals surface area contributed by atoms with Gasteiger partial charge in [-0.15, -0.1) is 24.0 Å². The molecule has 0 spiro atoms. The van der Waals surface area contributed by atoms with Crippen molar-refractivity contribution >= 4 is 35.9 Å². The molecule has 2 aromatic rings. The van der Waals surface area contributed by atoms with Crippen LogP contribution in [0.1, 0.15) is 18.1 Å². The number of nitrogens with one attached hydrogen (secondary N) is 2. The molecule has 1 fully saturated rings. The maximum absolute atomic E-state index is 12.7. The number of halogens is 4. The van der Waals surface area contributed by atoms with Gasteiger partial charge in [-0.1, -0.05) is 12.1 Å². The van der Waals surface area contributed by atoms with Crippen LogP contribution in [0.4, 0.5) is 19.1 Å². The summed E-state index contributed by atoms with van der Waals surface area (Å²) in [5.74, 6) is 1.49. The maximum Gasteiger partial charge on any atom is 0.416 e. The van der Waals surface area contributed by atoms with Gasteiger partial charge < -0.3 is 15.5 Å². The lowest BCUT2D eigenvalue weighted by Crippen LogP contribution is -2.47. The van der Waals surface area contributed by atoms with Crippen molar-refractivity contribution in [3.05, 3.63) is 53.9 Å². The summed E-state index contributed by atoms with van der Waals surface area (Å²) in [6, 6.07) is 7.11. The van der Waals surface area contributed by atoms with E-state index in [2.05, 4.69) is 35.4 Å². The second kappa shape index (κ2) is 13.5. The van der Waals surface area contributed by atoms with E-state index < -0.39 is 11.7 Å². The van der Waals surface area contributed by atoms with Crippen molar-refractivity contribution in [2.45, 2.75) is 19.5 Å². The van der Waals surface area contributed by atoms with Crippen LogP contribution in [0.15, 0.2) is 47.7 Å². The first kappa shape index (κ1) is 27.1. The first-order valence-corrected chi connectivity index (χ1v) is 10.9. The largest absolute Gasteiger partial charge is 0.416 e. The molecule has 0 amide bonds. The molecule has 7 nitrogen and oxygen atoms in total. The predicted molar refractivity (Wildman–Crippen MR) is 135 cm³/mol. The molecule has 0 radical (unpaired) electrons. The SMILES string of the molecule is CCNC(=NCCN1CCN(c2ncccn2)CC1)NCCc1ccc(C(F)(F)F)cc1.I. The minimum absolute atomic E-state index is 0. The van der Waals surface area contributed by atoms with Crippen LogP contribution >= 0.6 is 24.0 Å². The molecule has 1 saturated heterocycles. The summed E-state index contributed by atoms with van der Waals surface area (Å²) in [6.45, 7) is 8.50. The number of aromatic nitrogens is 2. The number of hydrogen-bond acceptors (Lipinski definition) is 5. The zero-order valence-electron chi connectivity index (χ0n) is 18.7. The molecule has 1 aromatic heterocycles. The molecule has 0 aliphatic carbocycles. The molecule has 2 N–H and O–H groups in total. The number of anilines is 1.